The molecule has 2 fully saturated rings. The Kier molecular flexibility index (Phi) is 3.16. The van der Waals surface area contributed by atoms with Crippen molar-refractivity contribution in [2.45, 2.75) is 51.2 Å². The number of hydrogen-bond donors (Lipinski definition) is 2. The molecule has 3 heterocycles. The fraction of sp³-hybridized carbons (Fsp3) is 0.643. The van der Waals surface area contributed by atoms with E-state index in [4.69, 9.17) is 0 Å². The van der Waals surface area contributed by atoms with Crippen LogP contribution in [0.5, 0.6) is 0 Å². The zero-order chi connectivity index (χ0) is 12.6. The van der Waals surface area contributed by atoms with Gasteiger partial charge >= 0.3 is 0 Å². The van der Waals surface area contributed by atoms with Gasteiger partial charge in [0.05, 0.1) is 12.0 Å². The summed E-state index contributed by atoms with van der Waals surface area (Å²) in [6.45, 7) is 2.82. The molecule has 2 saturated heterocycles. The lowest BCUT2D eigenvalue weighted by atomic mass is 9.71. The van der Waals surface area contributed by atoms with Crippen LogP contribution in [-0.2, 0) is 11.3 Å². The van der Waals surface area contributed by atoms with Crippen LogP contribution in [0, 0.1) is 5.41 Å². The molecule has 4 heteroatoms. The molecule has 18 heavy (non-hydrogen) atoms. The quantitative estimate of drug-likeness (QED) is 0.876. The van der Waals surface area contributed by atoms with Crippen LogP contribution in [0.3, 0.4) is 0 Å². The zero-order valence-electron chi connectivity index (χ0n) is 10.7. The van der Waals surface area contributed by atoms with Crippen molar-refractivity contribution in [3.05, 3.63) is 22.4 Å². The second-order valence-corrected chi connectivity index (χ2v) is 6.50. The third-order valence-corrected chi connectivity index (χ3v) is 5.48. The predicted octanol–water partition coefficient (Wildman–Crippen LogP) is 2.29. The van der Waals surface area contributed by atoms with Crippen molar-refractivity contribution in [1.82, 2.24) is 10.6 Å². The molecule has 0 aliphatic carbocycles. The van der Waals surface area contributed by atoms with E-state index < -0.39 is 0 Å². The third-order valence-electron chi connectivity index (χ3n) is 4.60. The van der Waals surface area contributed by atoms with E-state index in [0.29, 0.717) is 18.6 Å². The summed E-state index contributed by atoms with van der Waals surface area (Å²) in [5.74, 6) is 0.248. The lowest BCUT2D eigenvalue weighted by molar-refractivity contribution is -0.132. The van der Waals surface area contributed by atoms with Gasteiger partial charge < -0.3 is 10.6 Å². The Morgan fingerprint density at radius 2 is 2.50 bits per heavy atom. The molecule has 0 unspecified atom stereocenters. The van der Waals surface area contributed by atoms with Gasteiger partial charge in [-0.3, -0.25) is 4.79 Å². The Morgan fingerprint density at radius 3 is 3.06 bits per heavy atom. The second kappa shape index (κ2) is 4.67. The Balaban J connectivity index is 1.67. The molecule has 0 spiro atoms. The van der Waals surface area contributed by atoms with Crippen LogP contribution >= 0.6 is 11.3 Å². The van der Waals surface area contributed by atoms with Crippen molar-refractivity contribution in [2.75, 3.05) is 0 Å². The minimum absolute atomic E-state index is 0.153. The van der Waals surface area contributed by atoms with Crippen LogP contribution in [0.4, 0.5) is 0 Å². The Bertz CT molecular complexity index is 431. The van der Waals surface area contributed by atoms with Gasteiger partial charge in [0, 0.05) is 17.0 Å². The number of carbonyl (C=O) groups is 1. The van der Waals surface area contributed by atoms with Crippen molar-refractivity contribution in [1.29, 1.82) is 0 Å². The number of carbonyl (C=O) groups excluding carboxylic acids is 1. The average Bonchev–Trinajstić information content (AvgIpc) is 3.11. The number of nitrogens with one attached hydrogen (secondary N) is 2. The van der Waals surface area contributed by atoms with Crippen LogP contribution in [0.15, 0.2) is 17.5 Å². The van der Waals surface area contributed by atoms with Gasteiger partial charge in [-0.1, -0.05) is 13.0 Å². The van der Waals surface area contributed by atoms with Crippen LogP contribution in [-0.4, -0.2) is 18.0 Å². The van der Waals surface area contributed by atoms with Gasteiger partial charge in [-0.15, -0.1) is 11.3 Å². The highest BCUT2D eigenvalue weighted by atomic mass is 32.1. The van der Waals surface area contributed by atoms with Gasteiger partial charge in [0.1, 0.15) is 0 Å². The molecule has 3 nitrogen and oxygen atoms in total. The summed E-state index contributed by atoms with van der Waals surface area (Å²) in [5, 5.41) is 8.77. The highest BCUT2D eigenvalue weighted by Gasteiger charge is 2.54. The summed E-state index contributed by atoms with van der Waals surface area (Å²) in [4.78, 5) is 13.8. The fourth-order valence-corrected chi connectivity index (χ4v) is 4.20. The van der Waals surface area contributed by atoms with E-state index in [1.807, 2.05) is 6.07 Å². The van der Waals surface area contributed by atoms with E-state index >= 15 is 0 Å². The predicted molar refractivity (Wildman–Crippen MR) is 73.5 cm³/mol. The summed E-state index contributed by atoms with van der Waals surface area (Å²) in [7, 11) is 0. The van der Waals surface area contributed by atoms with E-state index in [2.05, 4.69) is 29.0 Å². The lowest BCUT2D eigenvalue weighted by Gasteiger charge is -2.34. The molecule has 0 radical (unpaired) electrons. The van der Waals surface area contributed by atoms with Crippen LogP contribution in [0.2, 0.25) is 0 Å². The molecule has 2 bridgehead atoms. The smallest absolute Gasteiger partial charge is 0.228 e. The molecule has 1 amide bonds. The van der Waals surface area contributed by atoms with E-state index in [9.17, 15) is 4.79 Å². The minimum atomic E-state index is -0.153. The summed E-state index contributed by atoms with van der Waals surface area (Å²) in [6, 6.07) is 5.07. The molecule has 98 valence electrons. The molecule has 1 aromatic rings. The molecule has 3 atom stereocenters. The summed E-state index contributed by atoms with van der Waals surface area (Å²) in [6.07, 6.45) is 4.36. The maximum absolute atomic E-state index is 12.5. The number of fused-ring (bicyclic) bond motifs is 2. The molecule has 2 aliphatic heterocycles. The van der Waals surface area contributed by atoms with Crippen LogP contribution < -0.4 is 10.6 Å². The SMILES string of the molecule is CC[C@@]1(C(=O)NCc2cccs2)C[C@@H]2CC[C@H]1N2. The third kappa shape index (κ3) is 1.88. The average molecular weight is 264 g/mol. The first-order valence-corrected chi connectivity index (χ1v) is 7.69. The fourth-order valence-electron chi connectivity index (χ4n) is 3.56. The first-order valence-electron chi connectivity index (χ1n) is 6.81. The van der Waals surface area contributed by atoms with Crippen molar-refractivity contribution in [3.63, 3.8) is 0 Å². The van der Waals surface area contributed by atoms with Crippen molar-refractivity contribution in [3.8, 4) is 0 Å². The highest BCUT2D eigenvalue weighted by Crippen LogP contribution is 2.45. The Labute approximate surface area is 112 Å². The highest BCUT2D eigenvalue weighted by molar-refractivity contribution is 7.09. The van der Waals surface area contributed by atoms with Gasteiger partial charge in [0.25, 0.3) is 0 Å². The van der Waals surface area contributed by atoms with Crippen molar-refractivity contribution in [2.24, 2.45) is 5.41 Å². The second-order valence-electron chi connectivity index (χ2n) is 5.47. The van der Waals surface area contributed by atoms with Gasteiger partial charge in [-0.2, -0.15) is 0 Å². The number of thiophene rings is 1. The Hall–Kier alpha value is -0.870. The molecule has 2 N–H and O–H groups in total. The van der Waals surface area contributed by atoms with E-state index in [1.54, 1.807) is 11.3 Å². The van der Waals surface area contributed by atoms with Gasteiger partial charge in [-0.25, -0.2) is 0 Å². The Morgan fingerprint density at radius 1 is 1.61 bits per heavy atom. The first-order chi connectivity index (χ1) is 8.74. The molecule has 3 rings (SSSR count). The molecule has 2 aliphatic rings. The molecule has 0 saturated carbocycles. The van der Waals surface area contributed by atoms with E-state index in [-0.39, 0.29) is 11.3 Å². The monoisotopic (exact) mass is 264 g/mol. The number of rotatable bonds is 4. The summed E-state index contributed by atoms with van der Waals surface area (Å²) >= 11 is 1.70. The lowest BCUT2D eigenvalue weighted by Crippen LogP contribution is -2.47. The zero-order valence-corrected chi connectivity index (χ0v) is 11.6. The minimum Gasteiger partial charge on any atom is -0.351 e. The molecule has 1 aromatic heterocycles. The van der Waals surface area contributed by atoms with Gasteiger partial charge in [0.15, 0.2) is 0 Å². The van der Waals surface area contributed by atoms with Crippen molar-refractivity contribution >= 4 is 17.2 Å². The van der Waals surface area contributed by atoms with Crippen LogP contribution in [0.25, 0.3) is 0 Å². The topological polar surface area (TPSA) is 41.1 Å². The van der Waals surface area contributed by atoms with Crippen LogP contribution in [0.1, 0.15) is 37.5 Å². The maximum Gasteiger partial charge on any atom is 0.228 e. The molecular formula is C14H20N2OS. The van der Waals surface area contributed by atoms with E-state index in [0.717, 1.165) is 19.3 Å². The number of hydrogen-bond acceptors (Lipinski definition) is 3. The first kappa shape index (κ1) is 12.2. The molecule has 0 aromatic carbocycles. The number of amides is 1. The normalized spacial score (nSPS) is 33.8. The molecular weight excluding hydrogens is 244 g/mol. The maximum atomic E-state index is 12.5. The van der Waals surface area contributed by atoms with E-state index in [1.165, 1.54) is 11.3 Å². The van der Waals surface area contributed by atoms with Gasteiger partial charge in [0.2, 0.25) is 5.91 Å². The largest absolute Gasteiger partial charge is 0.351 e. The van der Waals surface area contributed by atoms with Gasteiger partial charge in [-0.05, 0) is 37.1 Å². The summed E-state index contributed by atoms with van der Waals surface area (Å²) in [5.41, 5.74) is -0.153. The van der Waals surface area contributed by atoms with Crippen molar-refractivity contribution < 1.29 is 4.79 Å². The summed E-state index contributed by atoms with van der Waals surface area (Å²) < 4.78 is 0. The standard InChI is InChI=1S/C14H20N2OS/c1-2-14(8-10-5-6-12(14)16-10)13(17)15-9-11-4-3-7-18-11/h3-4,7,10,12,16H,2,5-6,8-9H2,1H3,(H,15,17)/t10-,12+,14+/m0/s1.